The van der Waals surface area contributed by atoms with E-state index in [0.29, 0.717) is 6.61 Å². The van der Waals surface area contributed by atoms with Crippen LogP contribution in [0.15, 0.2) is 42.6 Å². The molecule has 0 fully saturated rings. The maximum absolute atomic E-state index is 9.41. The third-order valence-corrected chi connectivity index (χ3v) is 2.86. The van der Waals surface area contributed by atoms with Crippen LogP contribution in [-0.2, 0) is 6.61 Å². The van der Waals surface area contributed by atoms with E-state index in [-0.39, 0.29) is 0 Å². The molecular formula is C15H17NO2. The molecule has 1 atom stereocenters. The van der Waals surface area contributed by atoms with Crippen molar-refractivity contribution in [1.29, 1.82) is 0 Å². The first-order valence-electron chi connectivity index (χ1n) is 5.98. The van der Waals surface area contributed by atoms with E-state index in [9.17, 15) is 5.11 Å². The first-order valence-corrected chi connectivity index (χ1v) is 5.98. The molecule has 1 heterocycles. The van der Waals surface area contributed by atoms with Crippen molar-refractivity contribution in [2.75, 3.05) is 0 Å². The van der Waals surface area contributed by atoms with E-state index < -0.39 is 6.10 Å². The quantitative estimate of drug-likeness (QED) is 0.897. The van der Waals surface area contributed by atoms with Crippen molar-refractivity contribution in [3.05, 3.63) is 59.4 Å². The van der Waals surface area contributed by atoms with Crippen molar-refractivity contribution in [3.63, 3.8) is 0 Å². The number of ether oxygens (including phenoxy) is 1. The second-order valence-electron chi connectivity index (χ2n) is 4.30. The number of nitrogens with zero attached hydrogens (tertiary/aromatic N) is 1. The van der Waals surface area contributed by atoms with Gasteiger partial charge < -0.3 is 9.84 Å². The van der Waals surface area contributed by atoms with Crippen molar-refractivity contribution >= 4 is 0 Å². The molecule has 94 valence electrons. The minimum atomic E-state index is -0.447. The third-order valence-electron chi connectivity index (χ3n) is 2.86. The van der Waals surface area contributed by atoms with Gasteiger partial charge in [0, 0.05) is 6.20 Å². The van der Waals surface area contributed by atoms with Gasteiger partial charge in [0.2, 0.25) is 0 Å². The van der Waals surface area contributed by atoms with Crippen LogP contribution in [0.2, 0.25) is 0 Å². The zero-order valence-corrected chi connectivity index (χ0v) is 10.6. The Balaban J connectivity index is 2.00. The Morgan fingerprint density at radius 1 is 1.22 bits per heavy atom. The fourth-order valence-corrected chi connectivity index (χ4v) is 1.66. The summed E-state index contributed by atoms with van der Waals surface area (Å²) in [5, 5.41) is 9.41. The summed E-state index contributed by atoms with van der Waals surface area (Å²) in [5.41, 5.74) is 2.95. The number of hydrogen-bond donors (Lipinski definition) is 1. The highest BCUT2D eigenvalue weighted by atomic mass is 16.5. The first-order chi connectivity index (χ1) is 8.66. The molecule has 0 saturated heterocycles. The maximum atomic E-state index is 9.41. The van der Waals surface area contributed by atoms with Crippen LogP contribution in [0.5, 0.6) is 5.75 Å². The Morgan fingerprint density at radius 2 is 1.94 bits per heavy atom. The summed E-state index contributed by atoms with van der Waals surface area (Å²) < 4.78 is 5.66. The number of rotatable bonds is 4. The molecular weight excluding hydrogens is 226 g/mol. The van der Waals surface area contributed by atoms with Crippen molar-refractivity contribution in [1.82, 2.24) is 4.98 Å². The molecule has 0 aliphatic carbocycles. The van der Waals surface area contributed by atoms with Crippen molar-refractivity contribution < 1.29 is 9.84 Å². The number of pyridine rings is 1. The highest BCUT2D eigenvalue weighted by molar-refractivity contribution is 5.28. The Hall–Kier alpha value is -1.87. The molecule has 2 rings (SSSR count). The summed E-state index contributed by atoms with van der Waals surface area (Å²) in [5.74, 6) is 0.782. The minimum absolute atomic E-state index is 0.447. The van der Waals surface area contributed by atoms with Crippen molar-refractivity contribution in [3.8, 4) is 5.75 Å². The molecule has 0 spiro atoms. The van der Waals surface area contributed by atoms with Gasteiger partial charge in [-0.05, 0) is 43.2 Å². The summed E-state index contributed by atoms with van der Waals surface area (Å²) in [7, 11) is 0. The van der Waals surface area contributed by atoms with E-state index in [0.717, 1.165) is 22.6 Å². The van der Waals surface area contributed by atoms with Gasteiger partial charge in [0.1, 0.15) is 12.4 Å². The van der Waals surface area contributed by atoms with Crippen LogP contribution < -0.4 is 4.74 Å². The van der Waals surface area contributed by atoms with Gasteiger partial charge in [-0.1, -0.05) is 18.2 Å². The smallest absolute Gasteiger partial charge is 0.130 e. The number of aryl methyl sites for hydroxylation is 1. The Bertz CT molecular complexity index is 506. The monoisotopic (exact) mass is 243 g/mol. The summed E-state index contributed by atoms with van der Waals surface area (Å²) in [6, 6.07) is 11.4. The zero-order chi connectivity index (χ0) is 13.0. The number of benzene rings is 1. The second kappa shape index (κ2) is 5.65. The van der Waals surface area contributed by atoms with Crippen LogP contribution in [0.1, 0.15) is 29.8 Å². The molecule has 1 unspecified atom stereocenters. The first kappa shape index (κ1) is 12.6. The molecule has 18 heavy (non-hydrogen) atoms. The molecule has 0 aliphatic heterocycles. The van der Waals surface area contributed by atoms with Gasteiger partial charge >= 0.3 is 0 Å². The fraction of sp³-hybridized carbons (Fsp3) is 0.267. The van der Waals surface area contributed by atoms with E-state index in [4.69, 9.17) is 4.74 Å². The molecule has 0 amide bonds. The Morgan fingerprint density at radius 3 is 2.56 bits per heavy atom. The van der Waals surface area contributed by atoms with Crippen LogP contribution >= 0.6 is 0 Å². The molecule has 3 nitrogen and oxygen atoms in total. The van der Waals surface area contributed by atoms with Gasteiger partial charge in [-0.3, -0.25) is 4.98 Å². The van der Waals surface area contributed by atoms with E-state index in [1.165, 1.54) is 0 Å². The van der Waals surface area contributed by atoms with E-state index in [2.05, 4.69) is 4.98 Å². The molecule has 0 aliphatic rings. The van der Waals surface area contributed by atoms with Gasteiger partial charge in [-0.2, -0.15) is 0 Å². The number of aliphatic hydroxyl groups is 1. The molecule has 0 radical (unpaired) electrons. The van der Waals surface area contributed by atoms with Gasteiger partial charge in [0.15, 0.2) is 0 Å². The number of aromatic nitrogens is 1. The van der Waals surface area contributed by atoms with Gasteiger partial charge in [0.05, 0.1) is 11.8 Å². The van der Waals surface area contributed by atoms with Crippen molar-refractivity contribution in [2.45, 2.75) is 26.6 Å². The van der Waals surface area contributed by atoms with E-state index >= 15 is 0 Å². The Labute approximate surface area is 107 Å². The minimum Gasteiger partial charge on any atom is -0.487 e. The molecule has 3 heteroatoms. The van der Waals surface area contributed by atoms with Crippen LogP contribution in [0.25, 0.3) is 0 Å². The fourth-order valence-electron chi connectivity index (χ4n) is 1.66. The number of hydrogen-bond acceptors (Lipinski definition) is 3. The van der Waals surface area contributed by atoms with Crippen LogP contribution in [-0.4, -0.2) is 10.1 Å². The lowest BCUT2D eigenvalue weighted by molar-refractivity contribution is 0.199. The van der Waals surface area contributed by atoms with Gasteiger partial charge in [-0.25, -0.2) is 0 Å². The van der Waals surface area contributed by atoms with E-state index in [1.54, 1.807) is 13.1 Å². The Kier molecular flexibility index (Phi) is 3.95. The average molecular weight is 243 g/mol. The molecule has 1 N–H and O–H groups in total. The third kappa shape index (κ3) is 3.08. The zero-order valence-electron chi connectivity index (χ0n) is 10.6. The summed E-state index contributed by atoms with van der Waals surface area (Å²) >= 11 is 0. The normalized spacial score (nSPS) is 12.2. The van der Waals surface area contributed by atoms with Gasteiger partial charge in [0.25, 0.3) is 0 Å². The predicted molar refractivity (Wildman–Crippen MR) is 70.4 cm³/mol. The van der Waals surface area contributed by atoms with Crippen LogP contribution in [0, 0.1) is 6.92 Å². The van der Waals surface area contributed by atoms with Crippen molar-refractivity contribution in [2.24, 2.45) is 0 Å². The summed E-state index contributed by atoms with van der Waals surface area (Å²) in [4.78, 5) is 4.27. The number of aliphatic hydroxyl groups excluding tert-OH is 1. The highest BCUT2D eigenvalue weighted by Crippen LogP contribution is 2.18. The largest absolute Gasteiger partial charge is 0.487 e. The van der Waals surface area contributed by atoms with Crippen LogP contribution in [0.4, 0.5) is 0 Å². The lowest BCUT2D eigenvalue weighted by Crippen LogP contribution is -2.00. The molecule has 1 aromatic heterocycles. The molecule has 1 aromatic carbocycles. The lowest BCUT2D eigenvalue weighted by Gasteiger charge is -2.09. The maximum Gasteiger partial charge on any atom is 0.130 e. The standard InChI is InChI=1S/C15H17NO2/c1-11-4-3-9-16-15(11)10-18-14-7-5-13(6-8-14)12(2)17/h3-9,12,17H,10H2,1-2H3. The SMILES string of the molecule is Cc1cccnc1COc1ccc(C(C)O)cc1. The summed E-state index contributed by atoms with van der Waals surface area (Å²) in [6.07, 6.45) is 1.32. The predicted octanol–water partition coefficient (Wildman–Crippen LogP) is 3.02. The van der Waals surface area contributed by atoms with Gasteiger partial charge in [-0.15, -0.1) is 0 Å². The average Bonchev–Trinajstić information content (AvgIpc) is 2.38. The lowest BCUT2D eigenvalue weighted by atomic mass is 10.1. The van der Waals surface area contributed by atoms with Crippen LogP contribution in [0.3, 0.4) is 0 Å². The summed E-state index contributed by atoms with van der Waals surface area (Å²) in [6.45, 7) is 4.22. The highest BCUT2D eigenvalue weighted by Gasteiger charge is 2.02. The second-order valence-corrected chi connectivity index (χ2v) is 4.30. The topological polar surface area (TPSA) is 42.4 Å². The van der Waals surface area contributed by atoms with E-state index in [1.807, 2.05) is 43.3 Å². The molecule has 0 bridgehead atoms. The molecule has 2 aromatic rings. The molecule has 0 saturated carbocycles.